The van der Waals surface area contributed by atoms with Gasteiger partial charge in [0.2, 0.25) is 5.91 Å². The third-order valence-electron chi connectivity index (χ3n) is 5.92. The van der Waals surface area contributed by atoms with Crippen LogP contribution in [0.15, 0.2) is 48.5 Å². The van der Waals surface area contributed by atoms with Crippen LogP contribution in [0.1, 0.15) is 43.2 Å². The van der Waals surface area contributed by atoms with Crippen molar-refractivity contribution < 1.29 is 37.4 Å². The van der Waals surface area contributed by atoms with Crippen molar-refractivity contribution in [3.63, 3.8) is 0 Å². The minimum absolute atomic E-state index is 0.0734. The normalized spacial score (nSPS) is 14.4. The molecule has 7 nitrogen and oxygen atoms in total. The molecular weight excluding hydrogens is 465 g/mol. The number of rotatable bonds is 10. The summed E-state index contributed by atoms with van der Waals surface area (Å²) in [5, 5.41) is 13.4. The number of ether oxygens (including phenoxy) is 1. The molecule has 0 heterocycles. The van der Waals surface area contributed by atoms with Crippen molar-refractivity contribution in [3.8, 4) is 11.1 Å². The number of alkyl halides is 3. The fourth-order valence-corrected chi connectivity index (χ4v) is 4.12. The summed E-state index contributed by atoms with van der Waals surface area (Å²) in [5.41, 5.74) is 4.41. The highest BCUT2D eigenvalue weighted by atomic mass is 19.4. The lowest BCUT2D eigenvalue weighted by molar-refractivity contribution is -0.160. The largest absolute Gasteiger partial charge is 0.480 e. The van der Waals surface area contributed by atoms with Crippen LogP contribution >= 0.6 is 0 Å². The third kappa shape index (κ3) is 6.97. The van der Waals surface area contributed by atoms with Crippen molar-refractivity contribution in [3.05, 3.63) is 59.7 Å². The van der Waals surface area contributed by atoms with Gasteiger partial charge in [0.15, 0.2) is 0 Å². The van der Waals surface area contributed by atoms with Crippen LogP contribution in [0.4, 0.5) is 18.0 Å². The summed E-state index contributed by atoms with van der Waals surface area (Å²) in [6.45, 7) is 1.84. The maximum atomic E-state index is 12.5. The number of carbonyl (C=O) groups is 3. The Labute approximate surface area is 200 Å². The van der Waals surface area contributed by atoms with Gasteiger partial charge in [-0.3, -0.25) is 4.79 Å². The first kappa shape index (κ1) is 26.1. The van der Waals surface area contributed by atoms with E-state index in [1.165, 1.54) is 6.92 Å². The molecule has 1 aliphatic rings. The minimum Gasteiger partial charge on any atom is -0.480 e. The van der Waals surface area contributed by atoms with E-state index in [9.17, 15) is 27.6 Å². The number of benzene rings is 2. The quantitative estimate of drug-likeness (QED) is 0.425. The molecule has 0 saturated carbocycles. The molecule has 2 atom stereocenters. The van der Waals surface area contributed by atoms with Gasteiger partial charge in [0, 0.05) is 18.4 Å². The summed E-state index contributed by atoms with van der Waals surface area (Å²) in [7, 11) is 0. The van der Waals surface area contributed by atoms with E-state index in [4.69, 9.17) is 9.84 Å². The number of alkyl carbamates (subject to hydrolysis) is 1. The Balaban J connectivity index is 1.41. The second-order valence-electron chi connectivity index (χ2n) is 8.51. The van der Waals surface area contributed by atoms with Gasteiger partial charge >= 0.3 is 18.2 Å². The number of aliphatic carboxylic acids is 1. The first-order valence-corrected chi connectivity index (χ1v) is 11.3. The second-order valence-corrected chi connectivity index (χ2v) is 8.51. The molecule has 2 unspecified atom stereocenters. The van der Waals surface area contributed by atoms with E-state index >= 15 is 0 Å². The molecule has 0 radical (unpaired) electrons. The molecule has 3 N–H and O–H groups in total. The maximum Gasteiger partial charge on any atom is 0.407 e. The molecule has 2 amide bonds. The Hall–Kier alpha value is -3.56. The van der Waals surface area contributed by atoms with E-state index in [2.05, 4.69) is 5.32 Å². The van der Waals surface area contributed by atoms with Crippen LogP contribution in [0.5, 0.6) is 0 Å². The smallest absolute Gasteiger partial charge is 0.407 e. The van der Waals surface area contributed by atoms with Crippen molar-refractivity contribution in [2.45, 2.75) is 44.3 Å². The van der Waals surface area contributed by atoms with E-state index in [1.54, 1.807) is 0 Å². The molecule has 35 heavy (non-hydrogen) atoms. The molecule has 2 aromatic rings. The topological polar surface area (TPSA) is 105 Å². The van der Waals surface area contributed by atoms with E-state index in [0.717, 1.165) is 22.3 Å². The number of carboxylic acids is 1. The Morgan fingerprint density at radius 3 is 2.14 bits per heavy atom. The summed E-state index contributed by atoms with van der Waals surface area (Å²) < 4.78 is 42.9. The third-order valence-corrected chi connectivity index (χ3v) is 5.92. The Bertz CT molecular complexity index is 1030. The molecule has 1 aliphatic carbocycles. The first-order valence-electron chi connectivity index (χ1n) is 11.3. The van der Waals surface area contributed by atoms with Gasteiger partial charge in [0.25, 0.3) is 0 Å². The zero-order valence-corrected chi connectivity index (χ0v) is 19.1. The Kier molecular flexibility index (Phi) is 8.37. The number of carboxylic acid groups (broad SMARTS) is 1. The highest BCUT2D eigenvalue weighted by Crippen LogP contribution is 2.44. The summed E-state index contributed by atoms with van der Waals surface area (Å²) in [4.78, 5) is 35.2. The number of hydrogen-bond acceptors (Lipinski definition) is 4. The van der Waals surface area contributed by atoms with Gasteiger partial charge in [-0.2, -0.15) is 13.2 Å². The summed E-state index contributed by atoms with van der Waals surface area (Å²) >= 11 is 0. The van der Waals surface area contributed by atoms with Gasteiger partial charge < -0.3 is 20.5 Å². The Morgan fingerprint density at radius 2 is 1.60 bits per heavy atom. The van der Waals surface area contributed by atoms with Crippen LogP contribution in [0.25, 0.3) is 11.1 Å². The molecule has 0 bridgehead atoms. The maximum absolute atomic E-state index is 12.5. The number of halogens is 3. The highest BCUT2D eigenvalue weighted by Gasteiger charge is 2.36. The van der Waals surface area contributed by atoms with Crippen molar-refractivity contribution >= 4 is 18.0 Å². The highest BCUT2D eigenvalue weighted by molar-refractivity contribution is 5.84. The van der Waals surface area contributed by atoms with Gasteiger partial charge in [-0.15, -0.1) is 0 Å². The molecule has 2 aromatic carbocycles. The molecule has 0 aromatic heterocycles. The summed E-state index contributed by atoms with van der Waals surface area (Å²) in [6, 6.07) is 13.9. The fourth-order valence-electron chi connectivity index (χ4n) is 4.12. The van der Waals surface area contributed by atoms with Gasteiger partial charge in [-0.05, 0) is 35.1 Å². The molecule has 3 rings (SSSR count). The predicted molar refractivity (Wildman–Crippen MR) is 122 cm³/mol. The zero-order valence-electron chi connectivity index (χ0n) is 19.1. The van der Waals surface area contributed by atoms with Gasteiger partial charge in [0.1, 0.15) is 12.6 Å². The fraction of sp³-hybridized carbons (Fsp3) is 0.400. The molecule has 188 valence electrons. The minimum atomic E-state index is -4.72. The Morgan fingerprint density at radius 1 is 1.03 bits per heavy atom. The van der Waals surface area contributed by atoms with E-state index < -0.39 is 42.5 Å². The number of hydrogen-bond donors (Lipinski definition) is 3. The van der Waals surface area contributed by atoms with Crippen molar-refractivity contribution in [1.82, 2.24) is 10.6 Å². The SMILES string of the molecule is CC(CCCNC(=O)OCC1c2ccccc2-c2ccccc21)C(=O)NC(CC(F)(F)F)C(=O)O. The number of nitrogens with one attached hydrogen (secondary N) is 2. The van der Waals surface area contributed by atoms with Crippen LogP contribution in [0, 0.1) is 5.92 Å². The predicted octanol–water partition coefficient (Wildman–Crippen LogP) is 4.46. The number of carbonyl (C=O) groups excluding carboxylic acids is 2. The molecular formula is C25H27F3N2O5. The van der Waals surface area contributed by atoms with Crippen LogP contribution < -0.4 is 10.6 Å². The molecule has 10 heteroatoms. The van der Waals surface area contributed by atoms with Crippen LogP contribution in [0.2, 0.25) is 0 Å². The van der Waals surface area contributed by atoms with E-state index in [0.29, 0.717) is 6.42 Å². The van der Waals surface area contributed by atoms with Crippen LogP contribution in [0.3, 0.4) is 0 Å². The molecule has 0 saturated heterocycles. The number of fused-ring (bicyclic) bond motifs is 3. The second kappa shape index (κ2) is 11.2. The van der Waals surface area contributed by atoms with Gasteiger partial charge in [-0.25, -0.2) is 9.59 Å². The van der Waals surface area contributed by atoms with E-state index in [-0.39, 0.29) is 25.5 Å². The molecule has 0 fully saturated rings. The standard InChI is InChI=1S/C25H27F3N2O5/c1-15(22(31)30-21(23(32)33)13-25(26,27)28)7-6-12-29-24(34)35-14-20-18-10-4-2-8-16(18)17-9-3-5-11-19(17)20/h2-5,8-11,15,20-21H,6-7,12-14H2,1H3,(H,29,34)(H,30,31)(H,32,33). The summed E-state index contributed by atoms with van der Waals surface area (Å²) in [5.74, 6) is -3.34. The first-order chi connectivity index (χ1) is 16.6. The number of amides is 2. The van der Waals surface area contributed by atoms with Crippen molar-refractivity contribution in [1.29, 1.82) is 0 Å². The molecule has 0 aliphatic heterocycles. The molecule has 0 spiro atoms. The monoisotopic (exact) mass is 492 g/mol. The summed E-state index contributed by atoms with van der Waals surface area (Å²) in [6.07, 6.45) is -6.37. The lowest BCUT2D eigenvalue weighted by Crippen LogP contribution is -2.45. The lowest BCUT2D eigenvalue weighted by Gasteiger charge is -2.19. The van der Waals surface area contributed by atoms with Crippen molar-refractivity contribution in [2.75, 3.05) is 13.2 Å². The van der Waals surface area contributed by atoms with Crippen LogP contribution in [-0.2, 0) is 14.3 Å². The average molecular weight is 492 g/mol. The lowest BCUT2D eigenvalue weighted by atomic mass is 9.98. The zero-order chi connectivity index (χ0) is 25.6. The van der Waals surface area contributed by atoms with Crippen molar-refractivity contribution in [2.24, 2.45) is 5.92 Å². The van der Waals surface area contributed by atoms with Gasteiger partial charge in [-0.1, -0.05) is 55.5 Å². The van der Waals surface area contributed by atoms with E-state index in [1.807, 2.05) is 53.8 Å². The van der Waals surface area contributed by atoms with Gasteiger partial charge in [0.05, 0.1) is 6.42 Å². The average Bonchev–Trinajstić information content (AvgIpc) is 3.12. The van der Waals surface area contributed by atoms with Crippen LogP contribution in [-0.4, -0.2) is 48.4 Å².